The molecule has 112 valence electrons. The molecule has 2 aromatic carbocycles. The number of para-hydroxylation sites is 2. The summed E-state index contributed by atoms with van der Waals surface area (Å²) in [7, 11) is 0. The molecule has 0 bridgehead atoms. The summed E-state index contributed by atoms with van der Waals surface area (Å²) in [6, 6.07) is 17.6. The average Bonchev–Trinajstić information content (AvgIpc) is 3.13. The summed E-state index contributed by atoms with van der Waals surface area (Å²) in [5.41, 5.74) is 3.61. The number of benzene rings is 2. The second-order valence-electron chi connectivity index (χ2n) is 5.29. The molecule has 0 unspecified atom stereocenters. The monoisotopic (exact) mass is 302 g/mol. The molecule has 2 heterocycles. The molecule has 0 fully saturated rings. The number of hydrogen-bond donors (Lipinski definition) is 0. The molecule has 5 nitrogen and oxygen atoms in total. The van der Waals surface area contributed by atoms with E-state index < -0.39 is 0 Å². The van der Waals surface area contributed by atoms with Crippen LogP contribution in [0.1, 0.15) is 5.56 Å². The van der Waals surface area contributed by atoms with Crippen molar-refractivity contribution < 1.29 is 0 Å². The average molecular weight is 302 g/mol. The van der Waals surface area contributed by atoms with Crippen molar-refractivity contribution in [3.8, 4) is 5.69 Å². The zero-order valence-electron chi connectivity index (χ0n) is 12.3. The Morgan fingerprint density at radius 2 is 1.78 bits per heavy atom. The molecule has 5 heteroatoms. The zero-order valence-corrected chi connectivity index (χ0v) is 12.3. The van der Waals surface area contributed by atoms with Gasteiger partial charge >= 0.3 is 0 Å². The van der Waals surface area contributed by atoms with Crippen LogP contribution in [0.3, 0.4) is 0 Å². The van der Waals surface area contributed by atoms with Gasteiger partial charge in [0.05, 0.1) is 29.5 Å². The lowest BCUT2D eigenvalue weighted by molar-refractivity contribution is 0.785. The van der Waals surface area contributed by atoms with Crippen LogP contribution in [0.25, 0.3) is 16.7 Å². The second kappa shape index (κ2) is 5.53. The van der Waals surface area contributed by atoms with Crippen molar-refractivity contribution in [3.63, 3.8) is 0 Å². The highest BCUT2D eigenvalue weighted by Crippen LogP contribution is 2.13. The Bertz CT molecular complexity index is 1000. The quantitative estimate of drug-likeness (QED) is 0.584. The van der Waals surface area contributed by atoms with Crippen LogP contribution in [0.15, 0.2) is 78.0 Å². The Kier molecular flexibility index (Phi) is 3.24. The van der Waals surface area contributed by atoms with Gasteiger partial charge < -0.3 is 4.57 Å². The normalized spacial score (nSPS) is 11.0. The number of rotatable bonds is 3. The van der Waals surface area contributed by atoms with Crippen LogP contribution in [-0.2, 0) is 6.54 Å². The molecule has 0 aliphatic heterocycles. The minimum Gasteiger partial charge on any atom is -0.301 e. The summed E-state index contributed by atoms with van der Waals surface area (Å²) < 4.78 is 3.54. The SMILES string of the molecule is O=c1cnc2ccccc2n1Cc1ccc(-n2cccn2)cc1. The predicted octanol–water partition coefficient (Wildman–Crippen LogP) is 2.63. The Hall–Kier alpha value is -3.21. The Labute approximate surface area is 132 Å². The van der Waals surface area contributed by atoms with Crippen LogP contribution >= 0.6 is 0 Å². The van der Waals surface area contributed by atoms with Crippen molar-refractivity contribution in [2.75, 3.05) is 0 Å². The van der Waals surface area contributed by atoms with Crippen molar-refractivity contribution in [2.24, 2.45) is 0 Å². The maximum atomic E-state index is 12.2. The molecule has 0 aliphatic rings. The zero-order chi connectivity index (χ0) is 15.6. The molecular weight excluding hydrogens is 288 g/mol. The minimum atomic E-state index is -0.0974. The molecule has 0 N–H and O–H groups in total. The van der Waals surface area contributed by atoms with Crippen LogP contribution in [0.2, 0.25) is 0 Å². The van der Waals surface area contributed by atoms with Gasteiger partial charge in [0.2, 0.25) is 0 Å². The van der Waals surface area contributed by atoms with Crippen molar-refractivity contribution in [1.82, 2.24) is 19.3 Å². The smallest absolute Gasteiger partial charge is 0.269 e. The molecule has 0 aliphatic carbocycles. The molecule has 0 spiro atoms. The molecule has 23 heavy (non-hydrogen) atoms. The van der Waals surface area contributed by atoms with Crippen LogP contribution in [0, 0.1) is 0 Å². The highest BCUT2D eigenvalue weighted by Gasteiger charge is 2.05. The fourth-order valence-corrected chi connectivity index (χ4v) is 2.64. The van der Waals surface area contributed by atoms with E-state index in [0.29, 0.717) is 6.54 Å². The molecule has 0 amide bonds. The molecule has 0 saturated carbocycles. The minimum absolute atomic E-state index is 0.0974. The van der Waals surface area contributed by atoms with Gasteiger partial charge in [-0.15, -0.1) is 0 Å². The van der Waals surface area contributed by atoms with Crippen molar-refractivity contribution in [2.45, 2.75) is 6.54 Å². The first kappa shape index (κ1) is 13.5. The summed E-state index contributed by atoms with van der Waals surface area (Å²) in [4.78, 5) is 16.4. The van der Waals surface area contributed by atoms with E-state index in [9.17, 15) is 4.79 Å². The fraction of sp³-hybridized carbons (Fsp3) is 0.0556. The Morgan fingerprint density at radius 1 is 0.957 bits per heavy atom. The highest BCUT2D eigenvalue weighted by atomic mass is 16.1. The lowest BCUT2D eigenvalue weighted by atomic mass is 10.2. The van der Waals surface area contributed by atoms with Crippen LogP contribution in [0.4, 0.5) is 0 Å². The first-order valence-electron chi connectivity index (χ1n) is 7.35. The van der Waals surface area contributed by atoms with E-state index in [1.165, 1.54) is 6.20 Å². The molecule has 4 aromatic rings. The molecule has 4 rings (SSSR count). The lowest BCUT2D eigenvalue weighted by Gasteiger charge is -2.10. The van der Waals surface area contributed by atoms with Crippen molar-refractivity contribution >= 4 is 11.0 Å². The maximum Gasteiger partial charge on any atom is 0.269 e. The highest BCUT2D eigenvalue weighted by molar-refractivity contribution is 5.74. The van der Waals surface area contributed by atoms with Gasteiger partial charge in [0, 0.05) is 12.4 Å². The van der Waals surface area contributed by atoms with E-state index in [2.05, 4.69) is 10.1 Å². The predicted molar refractivity (Wildman–Crippen MR) is 88.7 cm³/mol. The van der Waals surface area contributed by atoms with Gasteiger partial charge in [-0.05, 0) is 35.9 Å². The summed E-state index contributed by atoms with van der Waals surface area (Å²) in [6.45, 7) is 0.515. The number of nitrogens with zero attached hydrogens (tertiary/aromatic N) is 4. The van der Waals surface area contributed by atoms with Crippen LogP contribution in [0.5, 0.6) is 0 Å². The summed E-state index contributed by atoms with van der Waals surface area (Å²) in [6.07, 6.45) is 5.02. The van der Waals surface area contributed by atoms with Crippen molar-refractivity contribution in [3.05, 3.63) is 89.1 Å². The number of fused-ring (bicyclic) bond motifs is 1. The molecular formula is C18H14N4O. The van der Waals surface area contributed by atoms with Gasteiger partial charge in [-0.1, -0.05) is 24.3 Å². The second-order valence-corrected chi connectivity index (χ2v) is 5.29. The third kappa shape index (κ3) is 2.53. The Morgan fingerprint density at radius 3 is 2.57 bits per heavy atom. The van der Waals surface area contributed by atoms with E-state index in [4.69, 9.17) is 0 Å². The van der Waals surface area contributed by atoms with Crippen molar-refractivity contribution in [1.29, 1.82) is 0 Å². The third-order valence-corrected chi connectivity index (χ3v) is 3.80. The first-order chi connectivity index (χ1) is 11.3. The number of hydrogen-bond acceptors (Lipinski definition) is 3. The Balaban J connectivity index is 1.71. The van der Waals surface area contributed by atoms with Gasteiger partial charge in [-0.2, -0.15) is 5.10 Å². The molecule has 2 aromatic heterocycles. The summed E-state index contributed by atoms with van der Waals surface area (Å²) in [5.74, 6) is 0. The van der Waals surface area contributed by atoms with Gasteiger partial charge in [-0.3, -0.25) is 4.79 Å². The van der Waals surface area contributed by atoms with E-state index >= 15 is 0 Å². The first-order valence-corrected chi connectivity index (χ1v) is 7.35. The van der Waals surface area contributed by atoms with Gasteiger partial charge in [0.1, 0.15) is 0 Å². The topological polar surface area (TPSA) is 52.7 Å². The van der Waals surface area contributed by atoms with E-state index in [-0.39, 0.29) is 5.56 Å². The van der Waals surface area contributed by atoms with Gasteiger partial charge in [0.15, 0.2) is 0 Å². The van der Waals surface area contributed by atoms with Crippen LogP contribution < -0.4 is 5.56 Å². The largest absolute Gasteiger partial charge is 0.301 e. The van der Waals surface area contributed by atoms with Crippen LogP contribution in [-0.4, -0.2) is 19.3 Å². The molecule has 0 radical (unpaired) electrons. The van der Waals surface area contributed by atoms with Gasteiger partial charge in [-0.25, -0.2) is 9.67 Å². The third-order valence-electron chi connectivity index (χ3n) is 3.80. The summed E-state index contributed by atoms with van der Waals surface area (Å²) >= 11 is 0. The van der Waals surface area contributed by atoms with Gasteiger partial charge in [0.25, 0.3) is 5.56 Å². The standard InChI is InChI=1S/C18H14N4O/c23-18-12-19-16-4-1-2-5-17(16)21(18)13-14-6-8-15(9-7-14)22-11-3-10-20-22/h1-12H,13H2. The molecule has 0 atom stereocenters. The fourth-order valence-electron chi connectivity index (χ4n) is 2.64. The number of aromatic nitrogens is 4. The van der Waals surface area contributed by atoms with E-state index in [0.717, 1.165) is 22.3 Å². The van der Waals surface area contributed by atoms with E-state index in [1.54, 1.807) is 15.4 Å². The van der Waals surface area contributed by atoms with E-state index in [1.807, 2.05) is 60.8 Å². The lowest BCUT2D eigenvalue weighted by Crippen LogP contribution is -2.21. The maximum absolute atomic E-state index is 12.2. The molecule has 0 saturated heterocycles. The summed E-state index contributed by atoms with van der Waals surface area (Å²) in [5, 5.41) is 4.21.